The molecule has 2 aliphatic rings. The van der Waals surface area contributed by atoms with Gasteiger partial charge in [-0.1, -0.05) is 6.07 Å². The SMILES string of the molecule is O=C(O)CC1CCCN1C(=O)c1nn(-c2cccc(F)c2)c2c1CCC2. The third-order valence-corrected chi connectivity index (χ3v) is 5.23. The normalized spacial score (nSPS) is 19.0. The predicted molar refractivity (Wildman–Crippen MR) is 91.9 cm³/mol. The number of carboxylic acids is 1. The number of hydrogen-bond acceptors (Lipinski definition) is 3. The van der Waals surface area contributed by atoms with E-state index in [1.165, 1.54) is 12.1 Å². The number of halogens is 1. The summed E-state index contributed by atoms with van der Waals surface area (Å²) in [5, 5.41) is 13.6. The molecule has 7 heteroatoms. The molecule has 1 N–H and O–H groups in total. The average molecular weight is 357 g/mol. The molecular weight excluding hydrogens is 337 g/mol. The Morgan fingerprint density at radius 2 is 2.12 bits per heavy atom. The zero-order valence-corrected chi connectivity index (χ0v) is 14.3. The van der Waals surface area contributed by atoms with Crippen molar-refractivity contribution in [3.05, 3.63) is 47.0 Å². The Kier molecular flexibility index (Phi) is 4.22. The molecule has 1 atom stereocenters. The van der Waals surface area contributed by atoms with Crippen molar-refractivity contribution in [2.24, 2.45) is 0 Å². The molecule has 1 saturated heterocycles. The molecule has 1 aliphatic carbocycles. The smallest absolute Gasteiger partial charge is 0.305 e. The van der Waals surface area contributed by atoms with Gasteiger partial charge in [-0.2, -0.15) is 5.10 Å². The van der Waals surface area contributed by atoms with E-state index in [1.807, 2.05) is 0 Å². The van der Waals surface area contributed by atoms with Gasteiger partial charge in [-0.15, -0.1) is 0 Å². The lowest BCUT2D eigenvalue weighted by Crippen LogP contribution is -2.37. The molecule has 4 rings (SSSR count). The van der Waals surface area contributed by atoms with Crippen LogP contribution in [0.15, 0.2) is 24.3 Å². The van der Waals surface area contributed by atoms with Crippen LogP contribution in [-0.2, 0) is 17.6 Å². The molecule has 0 bridgehead atoms. The molecule has 2 aromatic rings. The zero-order chi connectivity index (χ0) is 18.3. The van der Waals surface area contributed by atoms with Crippen LogP contribution in [0, 0.1) is 5.82 Å². The van der Waals surface area contributed by atoms with E-state index >= 15 is 0 Å². The van der Waals surface area contributed by atoms with Gasteiger partial charge in [0, 0.05) is 23.8 Å². The Balaban J connectivity index is 1.70. The van der Waals surface area contributed by atoms with Gasteiger partial charge in [0.25, 0.3) is 5.91 Å². The maximum absolute atomic E-state index is 13.6. The van der Waals surface area contributed by atoms with E-state index in [4.69, 9.17) is 5.11 Å². The van der Waals surface area contributed by atoms with Crippen molar-refractivity contribution < 1.29 is 19.1 Å². The van der Waals surface area contributed by atoms with Crippen LogP contribution < -0.4 is 0 Å². The van der Waals surface area contributed by atoms with Crippen molar-refractivity contribution >= 4 is 11.9 Å². The van der Waals surface area contributed by atoms with Crippen molar-refractivity contribution in [1.82, 2.24) is 14.7 Å². The largest absolute Gasteiger partial charge is 0.481 e. The molecule has 1 unspecified atom stereocenters. The third-order valence-electron chi connectivity index (χ3n) is 5.23. The topological polar surface area (TPSA) is 75.4 Å². The Hall–Kier alpha value is -2.70. The molecule has 136 valence electrons. The maximum Gasteiger partial charge on any atom is 0.305 e. The molecule has 1 aliphatic heterocycles. The number of aromatic nitrogens is 2. The average Bonchev–Trinajstić information content (AvgIpc) is 3.29. The van der Waals surface area contributed by atoms with Crippen LogP contribution in [0.5, 0.6) is 0 Å². The van der Waals surface area contributed by atoms with Gasteiger partial charge in [-0.3, -0.25) is 9.59 Å². The number of benzene rings is 1. The molecule has 1 amide bonds. The number of carbonyl (C=O) groups is 2. The molecule has 2 heterocycles. The summed E-state index contributed by atoms with van der Waals surface area (Å²) in [5.41, 5.74) is 2.86. The summed E-state index contributed by atoms with van der Waals surface area (Å²) in [7, 11) is 0. The van der Waals surface area contributed by atoms with Crippen molar-refractivity contribution in [3.63, 3.8) is 0 Å². The molecule has 1 fully saturated rings. The number of aliphatic carboxylic acids is 1. The highest BCUT2D eigenvalue weighted by molar-refractivity contribution is 5.95. The summed E-state index contributed by atoms with van der Waals surface area (Å²) >= 11 is 0. The fourth-order valence-electron chi connectivity index (χ4n) is 4.08. The Bertz CT molecular complexity index is 877. The molecule has 0 saturated carbocycles. The summed E-state index contributed by atoms with van der Waals surface area (Å²) in [6.45, 7) is 0.554. The number of hydrogen-bond donors (Lipinski definition) is 1. The van der Waals surface area contributed by atoms with E-state index in [9.17, 15) is 14.0 Å². The van der Waals surface area contributed by atoms with Gasteiger partial charge < -0.3 is 10.0 Å². The van der Waals surface area contributed by atoms with Crippen LogP contribution in [0.4, 0.5) is 4.39 Å². The second-order valence-corrected chi connectivity index (χ2v) is 6.91. The number of rotatable bonds is 4. The number of nitrogens with zero attached hydrogens (tertiary/aromatic N) is 3. The fourth-order valence-corrected chi connectivity index (χ4v) is 4.08. The summed E-state index contributed by atoms with van der Waals surface area (Å²) in [4.78, 5) is 25.8. The lowest BCUT2D eigenvalue weighted by atomic mass is 10.1. The Morgan fingerprint density at radius 3 is 2.88 bits per heavy atom. The standard InChI is InChI=1S/C19H20FN3O3/c20-12-4-1-5-14(10-12)23-16-8-2-7-15(16)18(21-23)19(26)22-9-3-6-13(22)11-17(24)25/h1,4-5,10,13H,2-3,6-9,11H2,(H,24,25). The van der Waals surface area contributed by atoms with Gasteiger partial charge in [0.2, 0.25) is 0 Å². The zero-order valence-electron chi connectivity index (χ0n) is 14.3. The molecular formula is C19H20FN3O3. The summed E-state index contributed by atoms with van der Waals surface area (Å²) in [5.74, 6) is -1.45. The predicted octanol–water partition coefficient (Wildman–Crippen LogP) is 2.58. The number of carboxylic acid groups (broad SMARTS) is 1. The van der Waals surface area contributed by atoms with Crippen LogP contribution in [0.2, 0.25) is 0 Å². The second kappa shape index (κ2) is 6.55. The quantitative estimate of drug-likeness (QED) is 0.913. The van der Waals surface area contributed by atoms with E-state index < -0.39 is 5.97 Å². The summed E-state index contributed by atoms with van der Waals surface area (Å²) < 4.78 is 15.3. The first-order valence-corrected chi connectivity index (χ1v) is 8.94. The van der Waals surface area contributed by atoms with E-state index in [-0.39, 0.29) is 24.2 Å². The van der Waals surface area contributed by atoms with Gasteiger partial charge in [0.1, 0.15) is 5.82 Å². The molecule has 1 aromatic heterocycles. The lowest BCUT2D eigenvalue weighted by molar-refractivity contribution is -0.137. The van der Waals surface area contributed by atoms with Crippen molar-refractivity contribution in [2.75, 3.05) is 6.54 Å². The Labute approximate surface area is 150 Å². The summed E-state index contributed by atoms with van der Waals surface area (Å²) in [6, 6.07) is 5.89. The second-order valence-electron chi connectivity index (χ2n) is 6.91. The van der Waals surface area contributed by atoms with Crippen molar-refractivity contribution in [3.8, 4) is 5.69 Å². The molecule has 0 radical (unpaired) electrons. The highest BCUT2D eigenvalue weighted by atomic mass is 19.1. The van der Waals surface area contributed by atoms with Crippen molar-refractivity contribution in [1.29, 1.82) is 0 Å². The van der Waals surface area contributed by atoms with Crippen LogP contribution in [0.1, 0.15) is 47.4 Å². The fraction of sp³-hybridized carbons (Fsp3) is 0.421. The first kappa shape index (κ1) is 16.8. The van der Waals surface area contributed by atoms with Crippen LogP contribution in [0.25, 0.3) is 5.69 Å². The number of amides is 1. The maximum atomic E-state index is 13.6. The van der Waals surface area contributed by atoms with Crippen molar-refractivity contribution in [2.45, 2.75) is 44.6 Å². The first-order valence-electron chi connectivity index (χ1n) is 8.94. The van der Waals surface area contributed by atoms with Gasteiger partial charge in [0.05, 0.1) is 12.1 Å². The third kappa shape index (κ3) is 2.87. The monoisotopic (exact) mass is 357 g/mol. The first-order chi connectivity index (χ1) is 12.5. The minimum absolute atomic E-state index is 0.0431. The minimum Gasteiger partial charge on any atom is -0.481 e. The highest BCUT2D eigenvalue weighted by Crippen LogP contribution is 2.30. The van der Waals surface area contributed by atoms with E-state index in [0.29, 0.717) is 24.3 Å². The number of carbonyl (C=O) groups excluding carboxylic acids is 1. The number of likely N-dealkylation sites (tertiary alicyclic amines) is 1. The van der Waals surface area contributed by atoms with Gasteiger partial charge in [0.15, 0.2) is 5.69 Å². The van der Waals surface area contributed by atoms with Crippen LogP contribution >= 0.6 is 0 Å². The number of fused-ring (bicyclic) bond motifs is 1. The summed E-state index contributed by atoms with van der Waals surface area (Å²) in [6.07, 6.45) is 3.95. The van der Waals surface area contributed by atoms with E-state index in [2.05, 4.69) is 5.10 Å². The van der Waals surface area contributed by atoms with Crippen LogP contribution in [0.3, 0.4) is 0 Å². The van der Waals surface area contributed by atoms with Crippen LogP contribution in [-0.4, -0.2) is 44.3 Å². The minimum atomic E-state index is -0.898. The van der Waals surface area contributed by atoms with E-state index in [0.717, 1.165) is 36.9 Å². The molecule has 26 heavy (non-hydrogen) atoms. The molecule has 1 aromatic carbocycles. The van der Waals surface area contributed by atoms with Gasteiger partial charge in [-0.25, -0.2) is 9.07 Å². The molecule has 6 nitrogen and oxygen atoms in total. The van der Waals surface area contributed by atoms with Gasteiger partial charge in [-0.05, 0) is 50.3 Å². The molecule has 0 spiro atoms. The van der Waals surface area contributed by atoms with E-state index in [1.54, 1.807) is 21.7 Å². The lowest BCUT2D eigenvalue weighted by Gasteiger charge is -2.22. The van der Waals surface area contributed by atoms with Gasteiger partial charge >= 0.3 is 5.97 Å². The Morgan fingerprint density at radius 1 is 1.27 bits per heavy atom. The highest BCUT2D eigenvalue weighted by Gasteiger charge is 2.35.